The fourth-order valence-corrected chi connectivity index (χ4v) is 14.6. The first-order valence-corrected chi connectivity index (χ1v) is 29.6. The van der Waals surface area contributed by atoms with E-state index in [1.54, 1.807) is 6.92 Å². The lowest BCUT2D eigenvalue weighted by atomic mass is 9.98. The van der Waals surface area contributed by atoms with E-state index in [0.29, 0.717) is 6.42 Å². The number of nitrogens with zero attached hydrogens (tertiary/aromatic N) is 10. The molecule has 0 spiro atoms. The molecule has 16 atom stereocenters. The van der Waals surface area contributed by atoms with Crippen molar-refractivity contribution in [1.29, 1.82) is 0 Å². The lowest BCUT2D eigenvalue weighted by Crippen LogP contribution is -2.46. The minimum Gasteiger partial charge on any atom is -0.387 e. The summed E-state index contributed by atoms with van der Waals surface area (Å²) in [6.45, 7) is -1.90. The van der Waals surface area contributed by atoms with E-state index in [4.69, 9.17) is 49.7 Å². The number of anilines is 3. The van der Waals surface area contributed by atoms with Gasteiger partial charge in [0.1, 0.15) is 54.1 Å². The molecule has 9 heterocycles. The first-order valence-electron chi connectivity index (χ1n) is 23.5. The average molecular weight is 1210 g/mol. The van der Waals surface area contributed by atoms with E-state index >= 15 is 0 Å². The minimum absolute atomic E-state index is 0.00247. The number of aryl methyl sites for hydroxylation is 1. The summed E-state index contributed by atoms with van der Waals surface area (Å²) < 4.78 is 107. The van der Waals surface area contributed by atoms with Crippen LogP contribution in [0.4, 0.5) is 17.7 Å². The number of aromatic amines is 2. The van der Waals surface area contributed by atoms with Gasteiger partial charge in [-0.1, -0.05) is 11.9 Å². The lowest BCUT2D eigenvalue weighted by molar-refractivity contribution is -0.745. The third-order valence-corrected chi connectivity index (χ3v) is 19.1. The van der Waals surface area contributed by atoms with E-state index in [-0.39, 0.29) is 64.2 Å². The lowest BCUT2D eigenvalue weighted by Gasteiger charge is -2.28. The van der Waals surface area contributed by atoms with Crippen LogP contribution in [-0.2, 0) is 71.2 Å². The van der Waals surface area contributed by atoms with Crippen molar-refractivity contribution < 1.29 is 104 Å². The van der Waals surface area contributed by atoms with Crippen molar-refractivity contribution in [3.05, 3.63) is 46.0 Å². The van der Waals surface area contributed by atoms with E-state index in [1.165, 1.54) is 27.1 Å². The molecular formula is C37H53N16O23P4+. The van der Waals surface area contributed by atoms with Gasteiger partial charge in [0.2, 0.25) is 23.6 Å². The maximum Gasteiger partial charge on any atom is 0.490 e. The molecule has 3 aliphatic rings. The molecule has 80 heavy (non-hydrogen) atoms. The molecule has 6 aromatic rings. The molecule has 3 saturated heterocycles. The standard InChI is InChI=1S/C37H52N16O23P4/c1-4-5-18(54)41-6-14-15(72-33(22(14)55)53-13-50(2)21-30(53)47-37(40)49-32(21)59)7-70-78(62,63)75-80(66,67)76-79(64,65)71-9-17-26(25(68-3)35(74-17)51-11-44-19-27(38)42-10-43-28(19)51)77(60,61)69-8-16-23(56)24(57)34(73-16)52-12-45-20-29(52)46-36(39)48-31(20)58/h10-17,22-26,33-35,55-57H,4-9H2,1-3H3,(H12-,38,39,40,41,42,43,46,47,48,49,54,58,59,60,61,62,63,64,65,66,67)/p+1/t14-,15-,16-,17-,22-,23-,24-,25-,26-,33-,34-,35-/m1/s1. The molecular weight excluding hydrogens is 1160 g/mol. The van der Waals surface area contributed by atoms with Crippen molar-refractivity contribution in [2.75, 3.05) is 50.7 Å². The molecule has 0 saturated carbocycles. The van der Waals surface area contributed by atoms with E-state index < -0.39 is 141 Å². The number of fused-ring (bicyclic) bond motifs is 3. The van der Waals surface area contributed by atoms with Crippen molar-refractivity contribution in [2.45, 2.75) is 86.8 Å². The topological polar surface area (TPSA) is 562 Å². The summed E-state index contributed by atoms with van der Waals surface area (Å²) in [6.07, 6.45) is -11.1. The van der Waals surface area contributed by atoms with Gasteiger partial charge in [0.05, 0.1) is 45.6 Å². The number of hydrogen-bond acceptors (Lipinski definition) is 28. The van der Waals surface area contributed by atoms with Gasteiger partial charge in [-0.25, -0.2) is 38.2 Å². The summed E-state index contributed by atoms with van der Waals surface area (Å²) in [6, 6.07) is 0. The van der Waals surface area contributed by atoms with Crippen molar-refractivity contribution in [3.8, 4) is 0 Å². The number of H-pyrrole nitrogens is 2. The number of ether oxygens (including phenoxy) is 4. The monoisotopic (exact) mass is 1210 g/mol. The fourth-order valence-electron chi connectivity index (χ4n) is 9.38. The van der Waals surface area contributed by atoms with Gasteiger partial charge in [-0.2, -0.15) is 13.6 Å². The molecule has 4 unspecified atom stereocenters. The molecule has 0 aliphatic carbocycles. The fraction of sp³-hybridized carbons (Fsp3) is 0.568. The summed E-state index contributed by atoms with van der Waals surface area (Å²) in [4.78, 5) is 110. The number of carbonyl (C=O) groups excluding carboxylic acids is 1. The Labute approximate surface area is 446 Å². The first kappa shape index (κ1) is 59.0. The highest BCUT2D eigenvalue weighted by Gasteiger charge is 2.58. The van der Waals surface area contributed by atoms with E-state index in [0.717, 1.165) is 30.7 Å². The second kappa shape index (κ2) is 22.6. The number of imidazole rings is 3. The van der Waals surface area contributed by atoms with E-state index in [2.05, 4.69) is 53.8 Å². The van der Waals surface area contributed by atoms with E-state index in [1.807, 2.05) is 0 Å². The van der Waals surface area contributed by atoms with Crippen LogP contribution in [0.25, 0.3) is 33.5 Å². The van der Waals surface area contributed by atoms with Crippen LogP contribution < -0.4 is 38.2 Å². The van der Waals surface area contributed by atoms with Crippen molar-refractivity contribution in [2.24, 2.45) is 13.0 Å². The Kier molecular flexibility index (Phi) is 16.7. The van der Waals surface area contributed by atoms with Gasteiger partial charge >= 0.3 is 36.7 Å². The number of nitrogens with one attached hydrogen (secondary N) is 3. The zero-order valence-electron chi connectivity index (χ0n) is 41.6. The molecule has 16 N–H and O–H groups in total. The normalized spacial score (nSPS) is 29.2. The Morgan fingerprint density at radius 2 is 1.38 bits per heavy atom. The van der Waals surface area contributed by atoms with Crippen LogP contribution in [0.2, 0.25) is 0 Å². The number of methoxy groups -OCH3 is 1. The Balaban J connectivity index is 0.894. The van der Waals surface area contributed by atoms with Crippen LogP contribution in [0.3, 0.4) is 0 Å². The number of phosphoric ester groups is 2. The smallest absolute Gasteiger partial charge is 0.387 e. The molecule has 3 aliphatic heterocycles. The molecule has 9 rings (SSSR count). The summed E-state index contributed by atoms with van der Waals surface area (Å²) in [5, 5.41) is 36.1. The van der Waals surface area contributed by atoms with Gasteiger partial charge in [-0.15, -0.1) is 0 Å². The Hall–Kier alpha value is -5.60. The molecule has 39 nitrogen and oxygen atoms in total. The highest BCUT2D eigenvalue weighted by Crippen LogP contribution is 2.68. The number of hydrogen-bond donors (Lipinski definition) is 13. The maximum absolute atomic E-state index is 14.5. The highest BCUT2D eigenvalue weighted by molar-refractivity contribution is 7.66. The molecule has 1 amide bonds. The highest BCUT2D eigenvalue weighted by atomic mass is 31.3. The van der Waals surface area contributed by atoms with Gasteiger partial charge < -0.3 is 80.9 Å². The number of amides is 1. The van der Waals surface area contributed by atoms with Crippen molar-refractivity contribution >= 4 is 88.2 Å². The zero-order chi connectivity index (χ0) is 58.0. The first-order chi connectivity index (χ1) is 37.6. The third-order valence-electron chi connectivity index (χ3n) is 12.9. The SMILES string of the molecule is CCCC(=O)NC[C@H]1[C@@H](O)[C@H]([n+]2cn(C)c3c(=O)[nH]c(N)nc32)O[C@@H]1COP(=O)(O)OP(=O)(O)OP(=O)(O)OC[C@H]1O[C@@H](n2cnc3c(N)ncnc32)[C@H](OC)[C@@H]1P(=O)(O)OC[C@H]1O[C@@H](n2cnc3c(=O)[nH]c(N)nc32)[C@H](O)[C@@H]1O. The quantitative estimate of drug-likeness (QED) is 0.0232. The average Bonchev–Trinajstić information content (AvgIpc) is 4.34. The van der Waals surface area contributed by atoms with Crippen molar-refractivity contribution in [1.82, 2.24) is 58.9 Å². The summed E-state index contributed by atoms with van der Waals surface area (Å²) >= 11 is 0. The summed E-state index contributed by atoms with van der Waals surface area (Å²) in [5.41, 5.74) is 13.7. The predicted octanol–water partition coefficient (Wildman–Crippen LogP) is -3.47. The molecule has 3 fully saturated rings. The third kappa shape index (κ3) is 11.9. The predicted molar refractivity (Wildman–Crippen MR) is 263 cm³/mol. The van der Waals surface area contributed by atoms with Gasteiger partial charge in [0.25, 0.3) is 17.1 Å². The van der Waals surface area contributed by atoms with Crippen LogP contribution >= 0.6 is 31.1 Å². The van der Waals surface area contributed by atoms with Crippen LogP contribution in [0.15, 0.2) is 34.9 Å². The number of aromatic nitrogens is 12. The summed E-state index contributed by atoms with van der Waals surface area (Å²) in [7, 11) is -20.9. The van der Waals surface area contributed by atoms with Crippen LogP contribution in [0.5, 0.6) is 0 Å². The second-order valence-electron chi connectivity index (χ2n) is 18.2. The Morgan fingerprint density at radius 1 is 0.762 bits per heavy atom. The minimum atomic E-state index is -6.25. The molecule has 6 aromatic heterocycles. The van der Waals surface area contributed by atoms with Gasteiger partial charge in [-0.05, 0) is 6.42 Å². The summed E-state index contributed by atoms with van der Waals surface area (Å²) in [5.74, 6) is -2.31. The largest absolute Gasteiger partial charge is 0.490 e. The maximum atomic E-state index is 14.5. The van der Waals surface area contributed by atoms with Crippen LogP contribution in [-0.4, -0.2) is 176 Å². The Morgan fingerprint density at radius 3 is 2.05 bits per heavy atom. The zero-order valence-corrected chi connectivity index (χ0v) is 45.2. The number of rotatable bonds is 22. The molecule has 0 radical (unpaired) electrons. The Bertz CT molecular complexity index is 3640. The number of carbonyl (C=O) groups is 1. The van der Waals surface area contributed by atoms with Gasteiger partial charge in [-0.3, -0.25) is 51.7 Å². The number of aliphatic hydroxyl groups is 3. The van der Waals surface area contributed by atoms with E-state index in [9.17, 15) is 67.5 Å². The number of nitrogen functional groups attached to an aromatic ring is 3. The number of phosphoric acid groups is 3. The molecule has 0 aromatic carbocycles. The van der Waals surface area contributed by atoms with Gasteiger partial charge in [0.15, 0.2) is 41.4 Å². The van der Waals surface area contributed by atoms with Crippen LogP contribution in [0, 0.1) is 5.92 Å². The number of aliphatic hydroxyl groups excluding tert-OH is 3. The van der Waals surface area contributed by atoms with Gasteiger partial charge in [0, 0.05) is 26.0 Å². The molecule has 43 heteroatoms. The van der Waals surface area contributed by atoms with Crippen molar-refractivity contribution in [3.63, 3.8) is 0 Å². The second-order valence-corrected chi connectivity index (χ2v) is 24.8. The number of nitrogens with two attached hydrogens (primary N) is 3. The van der Waals surface area contributed by atoms with Crippen LogP contribution in [0.1, 0.15) is 38.4 Å². The molecule has 438 valence electrons. The molecule has 0 bridgehead atoms.